The van der Waals surface area contributed by atoms with Gasteiger partial charge in [0, 0.05) is 48.9 Å². The Morgan fingerprint density at radius 3 is 2.78 bits per heavy atom. The van der Waals surface area contributed by atoms with Crippen molar-refractivity contribution in [2.75, 3.05) is 37.7 Å². The number of carbonyl (C=O) groups is 1. The molecule has 3 N–H and O–H groups in total. The van der Waals surface area contributed by atoms with Gasteiger partial charge < -0.3 is 16.0 Å². The predicted octanol–water partition coefficient (Wildman–Crippen LogP) is 1.18. The summed E-state index contributed by atoms with van der Waals surface area (Å²) in [5.74, 6) is 1.04. The number of anilines is 1. The Morgan fingerprint density at radius 2 is 2.06 bits per heavy atom. The van der Waals surface area contributed by atoms with Gasteiger partial charge in [0.1, 0.15) is 0 Å². The Labute approximate surface area is 112 Å². The molecular weight excluding hydrogens is 246 g/mol. The summed E-state index contributed by atoms with van der Waals surface area (Å²) in [6.07, 6.45) is 0.582. The lowest BCUT2D eigenvalue weighted by Gasteiger charge is -2.27. The molecule has 0 unspecified atom stereocenters. The van der Waals surface area contributed by atoms with E-state index >= 15 is 0 Å². The van der Waals surface area contributed by atoms with Gasteiger partial charge in [-0.3, -0.25) is 4.79 Å². The minimum absolute atomic E-state index is 0.249. The topological polar surface area (TPSA) is 58.4 Å². The number of hydrogen-bond donors (Lipinski definition) is 2. The predicted molar refractivity (Wildman–Crippen MR) is 75.6 cm³/mol. The van der Waals surface area contributed by atoms with E-state index in [0.29, 0.717) is 6.42 Å². The molecule has 0 aromatic heterocycles. The fourth-order valence-corrected chi connectivity index (χ4v) is 2.84. The molecule has 1 aliphatic rings. The maximum absolute atomic E-state index is 11.9. The lowest BCUT2D eigenvalue weighted by atomic mass is 10.3. The summed E-state index contributed by atoms with van der Waals surface area (Å²) in [5, 5.41) is 3.24. The molecule has 0 aliphatic carbocycles. The lowest BCUT2D eigenvalue weighted by molar-refractivity contribution is -0.131. The van der Waals surface area contributed by atoms with Crippen molar-refractivity contribution in [3.63, 3.8) is 0 Å². The van der Waals surface area contributed by atoms with Gasteiger partial charge in [0.15, 0.2) is 0 Å². The van der Waals surface area contributed by atoms with Crippen LogP contribution in [0.15, 0.2) is 29.2 Å². The van der Waals surface area contributed by atoms with Gasteiger partial charge in [-0.2, -0.15) is 0 Å². The van der Waals surface area contributed by atoms with Crippen LogP contribution in [0.4, 0.5) is 5.69 Å². The average molecular weight is 265 g/mol. The average Bonchev–Trinajstić information content (AvgIpc) is 2.42. The number of nitrogens with zero attached hydrogens (tertiary/aromatic N) is 1. The quantitative estimate of drug-likeness (QED) is 0.634. The third-order valence-corrected chi connectivity index (χ3v) is 4.05. The Morgan fingerprint density at radius 1 is 1.33 bits per heavy atom. The zero-order valence-corrected chi connectivity index (χ0v) is 11.2. The number of nitrogens with one attached hydrogen (secondary N) is 1. The van der Waals surface area contributed by atoms with Gasteiger partial charge in [-0.25, -0.2) is 0 Å². The fourth-order valence-electron chi connectivity index (χ4n) is 1.93. The summed E-state index contributed by atoms with van der Waals surface area (Å²) < 4.78 is 0. The first-order valence-corrected chi connectivity index (χ1v) is 7.22. The highest BCUT2D eigenvalue weighted by molar-refractivity contribution is 7.99. The van der Waals surface area contributed by atoms with E-state index in [1.165, 1.54) is 0 Å². The summed E-state index contributed by atoms with van der Waals surface area (Å²) in [6.45, 7) is 3.48. The summed E-state index contributed by atoms with van der Waals surface area (Å²) >= 11 is 1.65. The smallest absolute Gasteiger partial charge is 0.223 e. The molecule has 18 heavy (non-hydrogen) atoms. The van der Waals surface area contributed by atoms with Crippen molar-refractivity contribution in [3.05, 3.63) is 24.3 Å². The SMILES string of the molecule is Nc1ccccc1SCCC(=O)N1CCNCC1. The first kappa shape index (κ1) is 13.2. The summed E-state index contributed by atoms with van der Waals surface area (Å²) in [7, 11) is 0. The molecule has 0 spiro atoms. The molecule has 1 heterocycles. The first-order chi connectivity index (χ1) is 8.77. The fraction of sp³-hybridized carbons (Fsp3) is 0.462. The highest BCUT2D eigenvalue weighted by Gasteiger charge is 2.15. The van der Waals surface area contributed by atoms with E-state index in [1.807, 2.05) is 29.2 Å². The Balaban J connectivity index is 1.75. The number of hydrogen-bond acceptors (Lipinski definition) is 4. The Kier molecular flexibility index (Phi) is 4.90. The van der Waals surface area contributed by atoms with Crippen LogP contribution in [0.1, 0.15) is 6.42 Å². The van der Waals surface area contributed by atoms with Crippen molar-refractivity contribution in [3.8, 4) is 0 Å². The number of benzene rings is 1. The molecule has 98 valence electrons. The molecule has 1 aromatic carbocycles. The maximum Gasteiger partial charge on any atom is 0.223 e. The molecule has 0 atom stereocenters. The largest absolute Gasteiger partial charge is 0.398 e. The summed E-state index contributed by atoms with van der Waals surface area (Å²) in [4.78, 5) is 14.9. The second kappa shape index (κ2) is 6.66. The molecule has 1 aliphatic heterocycles. The van der Waals surface area contributed by atoms with Crippen LogP contribution in [0, 0.1) is 0 Å². The number of thioether (sulfide) groups is 1. The third kappa shape index (κ3) is 3.65. The number of amides is 1. The van der Waals surface area contributed by atoms with Gasteiger partial charge in [0.05, 0.1) is 0 Å². The Hall–Kier alpha value is -1.20. The van der Waals surface area contributed by atoms with Crippen molar-refractivity contribution in [1.29, 1.82) is 0 Å². The van der Waals surface area contributed by atoms with Crippen molar-refractivity contribution >= 4 is 23.4 Å². The van der Waals surface area contributed by atoms with E-state index in [0.717, 1.165) is 42.5 Å². The highest BCUT2D eigenvalue weighted by atomic mass is 32.2. The zero-order chi connectivity index (χ0) is 12.8. The molecule has 1 saturated heterocycles. The molecule has 1 aromatic rings. The van der Waals surface area contributed by atoms with Crippen LogP contribution >= 0.6 is 11.8 Å². The standard InChI is InChI=1S/C13H19N3OS/c14-11-3-1-2-4-12(11)18-10-5-13(17)16-8-6-15-7-9-16/h1-4,15H,5-10,14H2. The Bertz CT molecular complexity index is 405. The minimum atomic E-state index is 0.249. The second-order valence-corrected chi connectivity index (χ2v) is 5.40. The molecular formula is C13H19N3OS. The van der Waals surface area contributed by atoms with Crippen molar-refractivity contribution in [2.45, 2.75) is 11.3 Å². The van der Waals surface area contributed by atoms with Crippen LogP contribution in [-0.2, 0) is 4.79 Å². The van der Waals surface area contributed by atoms with Crippen molar-refractivity contribution in [2.24, 2.45) is 0 Å². The van der Waals surface area contributed by atoms with Gasteiger partial charge in [-0.1, -0.05) is 12.1 Å². The summed E-state index contributed by atoms with van der Waals surface area (Å²) in [5.41, 5.74) is 6.64. The maximum atomic E-state index is 11.9. The third-order valence-electron chi connectivity index (χ3n) is 2.96. The van der Waals surface area contributed by atoms with E-state index in [-0.39, 0.29) is 5.91 Å². The van der Waals surface area contributed by atoms with E-state index in [4.69, 9.17) is 5.73 Å². The monoisotopic (exact) mass is 265 g/mol. The molecule has 1 amide bonds. The highest BCUT2D eigenvalue weighted by Crippen LogP contribution is 2.24. The number of carbonyl (C=O) groups excluding carboxylic acids is 1. The number of rotatable bonds is 4. The van der Waals surface area contributed by atoms with E-state index in [1.54, 1.807) is 11.8 Å². The normalized spacial score (nSPS) is 15.7. The molecule has 0 radical (unpaired) electrons. The van der Waals surface area contributed by atoms with Gasteiger partial charge in [0.2, 0.25) is 5.91 Å². The van der Waals surface area contributed by atoms with Crippen molar-refractivity contribution in [1.82, 2.24) is 10.2 Å². The van der Waals surface area contributed by atoms with Crippen molar-refractivity contribution < 1.29 is 4.79 Å². The molecule has 5 heteroatoms. The van der Waals surface area contributed by atoms with Gasteiger partial charge >= 0.3 is 0 Å². The molecule has 2 rings (SSSR count). The van der Waals surface area contributed by atoms with E-state index in [9.17, 15) is 4.79 Å². The first-order valence-electron chi connectivity index (χ1n) is 6.23. The zero-order valence-electron chi connectivity index (χ0n) is 10.4. The van der Waals surface area contributed by atoms with Gasteiger partial charge in [0.25, 0.3) is 0 Å². The molecule has 4 nitrogen and oxygen atoms in total. The van der Waals surface area contributed by atoms with Crippen LogP contribution in [0.5, 0.6) is 0 Å². The number of piperazine rings is 1. The number of nitrogen functional groups attached to an aromatic ring is 1. The van der Waals surface area contributed by atoms with Crippen LogP contribution in [0.3, 0.4) is 0 Å². The van der Waals surface area contributed by atoms with Crippen LogP contribution in [-0.4, -0.2) is 42.7 Å². The van der Waals surface area contributed by atoms with E-state index in [2.05, 4.69) is 5.32 Å². The van der Waals surface area contributed by atoms with Crippen LogP contribution in [0.25, 0.3) is 0 Å². The minimum Gasteiger partial charge on any atom is -0.398 e. The summed E-state index contributed by atoms with van der Waals surface area (Å²) in [6, 6.07) is 7.78. The number of para-hydroxylation sites is 1. The van der Waals surface area contributed by atoms with E-state index < -0.39 is 0 Å². The van der Waals surface area contributed by atoms with Crippen LogP contribution in [0.2, 0.25) is 0 Å². The number of nitrogens with two attached hydrogens (primary N) is 1. The second-order valence-electron chi connectivity index (χ2n) is 4.27. The van der Waals surface area contributed by atoms with Gasteiger partial charge in [-0.15, -0.1) is 11.8 Å². The lowest BCUT2D eigenvalue weighted by Crippen LogP contribution is -2.46. The molecule has 0 bridgehead atoms. The molecule has 0 saturated carbocycles. The molecule has 1 fully saturated rings. The van der Waals surface area contributed by atoms with Crippen LogP contribution < -0.4 is 11.1 Å². The van der Waals surface area contributed by atoms with Gasteiger partial charge in [-0.05, 0) is 12.1 Å².